The lowest BCUT2D eigenvalue weighted by atomic mass is 9.95. The summed E-state index contributed by atoms with van der Waals surface area (Å²) in [7, 11) is 0. The highest BCUT2D eigenvalue weighted by molar-refractivity contribution is 5.97. The van der Waals surface area contributed by atoms with Crippen LogP contribution in [0.2, 0.25) is 0 Å². The van der Waals surface area contributed by atoms with Crippen LogP contribution in [0.4, 0.5) is 5.69 Å². The molecular formula is C23H28Cl2N6O2. The first-order valence-corrected chi connectivity index (χ1v) is 10.8. The number of halogens is 2. The van der Waals surface area contributed by atoms with Crippen LogP contribution in [0.5, 0.6) is 0 Å². The van der Waals surface area contributed by atoms with Crippen molar-refractivity contribution in [1.29, 1.82) is 0 Å². The molecule has 10 heteroatoms. The molecule has 2 aromatic heterocycles. The smallest absolute Gasteiger partial charge is 0.251 e. The Hall–Kier alpha value is -2.84. The Morgan fingerprint density at radius 3 is 2.52 bits per heavy atom. The number of carbonyl (C=O) groups excluding carboxylic acids is 2. The highest BCUT2D eigenvalue weighted by Crippen LogP contribution is 2.25. The quantitative estimate of drug-likeness (QED) is 0.585. The number of imidazole rings is 1. The Bertz CT molecular complexity index is 1080. The molecule has 0 radical (unpaired) electrons. The molecule has 0 aliphatic carbocycles. The molecule has 2 amide bonds. The van der Waals surface area contributed by atoms with Crippen LogP contribution in [-0.4, -0.2) is 63.9 Å². The van der Waals surface area contributed by atoms with Crippen LogP contribution in [-0.2, 0) is 4.79 Å². The molecule has 1 unspecified atom stereocenters. The summed E-state index contributed by atoms with van der Waals surface area (Å²) in [4.78, 5) is 41.2. The average Bonchev–Trinajstić information content (AvgIpc) is 3.48. The molecule has 3 aromatic rings. The first-order valence-electron chi connectivity index (χ1n) is 10.8. The predicted octanol–water partition coefficient (Wildman–Crippen LogP) is 3.05. The van der Waals surface area contributed by atoms with Crippen LogP contribution in [0, 0.1) is 5.92 Å². The first-order chi connectivity index (χ1) is 15.2. The Labute approximate surface area is 205 Å². The molecule has 1 atom stereocenters. The zero-order chi connectivity index (χ0) is 21.2. The minimum absolute atomic E-state index is 0. The molecule has 2 N–H and O–H groups in total. The SMILES string of the molecule is Cl.Cl.O=C(NC1CCN(C(=O)C2CCN(c3ccncc3)CC2)C1)c1ccc2nc[nH]c2c1. The lowest BCUT2D eigenvalue weighted by molar-refractivity contribution is -0.135. The van der Waals surface area contributed by atoms with Gasteiger partial charge in [0, 0.05) is 61.8 Å². The number of nitrogens with zero attached hydrogens (tertiary/aromatic N) is 4. The van der Waals surface area contributed by atoms with Gasteiger partial charge in [-0.05, 0) is 49.6 Å². The molecule has 33 heavy (non-hydrogen) atoms. The lowest BCUT2D eigenvalue weighted by Crippen LogP contribution is -2.43. The summed E-state index contributed by atoms with van der Waals surface area (Å²) in [5.74, 6) is 0.182. The lowest BCUT2D eigenvalue weighted by Gasteiger charge is -2.34. The maximum absolute atomic E-state index is 13.0. The molecule has 1 aromatic carbocycles. The fourth-order valence-corrected chi connectivity index (χ4v) is 4.62. The third-order valence-electron chi connectivity index (χ3n) is 6.39. The molecule has 2 aliphatic rings. The number of aromatic nitrogens is 3. The van der Waals surface area contributed by atoms with Gasteiger partial charge in [0.25, 0.3) is 5.91 Å². The number of pyridine rings is 1. The fraction of sp³-hybridized carbons (Fsp3) is 0.391. The van der Waals surface area contributed by atoms with Gasteiger partial charge in [-0.2, -0.15) is 0 Å². The molecule has 0 spiro atoms. The van der Waals surface area contributed by atoms with E-state index in [2.05, 4.69) is 25.2 Å². The predicted molar refractivity (Wildman–Crippen MR) is 132 cm³/mol. The second kappa shape index (κ2) is 10.9. The van der Waals surface area contributed by atoms with Gasteiger partial charge in [-0.15, -0.1) is 24.8 Å². The molecule has 0 bridgehead atoms. The van der Waals surface area contributed by atoms with Crippen molar-refractivity contribution in [1.82, 2.24) is 25.2 Å². The van der Waals surface area contributed by atoms with Crippen molar-refractivity contribution in [2.75, 3.05) is 31.1 Å². The van der Waals surface area contributed by atoms with E-state index in [4.69, 9.17) is 0 Å². The highest BCUT2D eigenvalue weighted by atomic mass is 35.5. The maximum atomic E-state index is 13.0. The van der Waals surface area contributed by atoms with Gasteiger partial charge in [-0.1, -0.05) is 0 Å². The van der Waals surface area contributed by atoms with E-state index in [9.17, 15) is 9.59 Å². The Balaban J connectivity index is 0.00000153. The molecule has 5 rings (SSSR count). The van der Waals surface area contributed by atoms with Crippen LogP contribution >= 0.6 is 24.8 Å². The van der Waals surface area contributed by atoms with Gasteiger partial charge < -0.3 is 20.1 Å². The number of likely N-dealkylation sites (tertiary alicyclic amines) is 1. The summed E-state index contributed by atoms with van der Waals surface area (Å²) < 4.78 is 0. The Morgan fingerprint density at radius 2 is 1.76 bits per heavy atom. The maximum Gasteiger partial charge on any atom is 0.251 e. The summed E-state index contributed by atoms with van der Waals surface area (Å²) >= 11 is 0. The van der Waals surface area contributed by atoms with Crippen molar-refractivity contribution < 1.29 is 9.59 Å². The monoisotopic (exact) mass is 490 g/mol. The topological polar surface area (TPSA) is 94.2 Å². The number of fused-ring (bicyclic) bond motifs is 1. The van der Waals surface area contributed by atoms with Crippen LogP contribution in [0.1, 0.15) is 29.6 Å². The second-order valence-corrected chi connectivity index (χ2v) is 8.34. The number of carbonyl (C=O) groups is 2. The first kappa shape index (κ1) is 24.8. The molecule has 176 valence electrons. The van der Waals surface area contributed by atoms with E-state index in [1.165, 1.54) is 0 Å². The minimum atomic E-state index is -0.110. The van der Waals surface area contributed by atoms with Crippen LogP contribution in [0.3, 0.4) is 0 Å². The van der Waals surface area contributed by atoms with Gasteiger partial charge in [0.2, 0.25) is 5.91 Å². The number of H-pyrrole nitrogens is 1. The van der Waals surface area contributed by atoms with Crippen LogP contribution in [0.15, 0.2) is 49.1 Å². The zero-order valence-electron chi connectivity index (χ0n) is 18.1. The van der Waals surface area contributed by atoms with Crippen molar-refractivity contribution in [2.24, 2.45) is 5.92 Å². The zero-order valence-corrected chi connectivity index (χ0v) is 19.8. The number of amides is 2. The third-order valence-corrected chi connectivity index (χ3v) is 6.39. The van der Waals surface area contributed by atoms with E-state index >= 15 is 0 Å². The minimum Gasteiger partial charge on any atom is -0.371 e. The van der Waals surface area contributed by atoms with Crippen molar-refractivity contribution in [3.63, 3.8) is 0 Å². The van der Waals surface area contributed by atoms with E-state index in [0.717, 1.165) is 49.1 Å². The molecule has 4 heterocycles. The summed E-state index contributed by atoms with van der Waals surface area (Å²) in [5.41, 5.74) is 3.45. The van der Waals surface area contributed by atoms with Crippen LogP contribution in [0.25, 0.3) is 11.0 Å². The van der Waals surface area contributed by atoms with Crippen LogP contribution < -0.4 is 10.2 Å². The van der Waals surface area contributed by atoms with Gasteiger partial charge in [0.05, 0.1) is 17.4 Å². The number of piperidine rings is 1. The number of hydrogen-bond acceptors (Lipinski definition) is 5. The van der Waals surface area contributed by atoms with Gasteiger partial charge >= 0.3 is 0 Å². The summed E-state index contributed by atoms with van der Waals surface area (Å²) in [6.07, 6.45) is 7.74. The summed E-state index contributed by atoms with van der Waals surface area (Å²) in [5, 5.41) is 3.09. The summed E-state index contributed by atoms with van der Waals surface area (Å²) in [6.45, 7) is 3.05. The van der Waals surface area contributed by atoms with E-state index in [0.29, 0.717) is 18.7 Å². The van der Waals surface area contributed by atoms with Gasteiger partial charge in [0.1, 0.15) is 0 Å². The number of hydrogen-bond donors (Lipinski definition) is 2. The summed E-state index contributed by atoms with van der Waals surface area (Å²) in [6, 6.07) is 9.45. The largest absolute Gasteiger partial charge is 0.371 e. The standard InChI is InChI=1S/C23H26N6O2.2ClH/c30-22(17-1-2-20-21(13-17)26-15-25-20)27-18-7-12-29(14-18)23(31)16-5-10-28(11-6-16)19-3-8-24-9-4-19;;/h1-4,8-9,13,15-16,18H,5-7,10-12,14H2,(H,25,26)(H,27,30);2*1H. The number of benzene rings is 1. The number of anilines is 1. The fourth-order valence-electron chi connectivity index (χ4n) is 4.62. The van der Waals surface area contributed by atoms with E-state index in [-0.39, 0.29) is 48.6 Å². The van der Waals surface area contributed by atoms with E-state index in [1.807, 2.05) is 29.2 Å². The molecule has 2 aliphatic heterocycles. The van der Waals surface area contributed by atoms with Crippen molar-refractivity contribution in [3.8, 4) is 0 Å². The molecule has 8 nitrogen and oxygen atoms in total. The number of rotatable bonds is 4. The molecular weight excluding hydrogens is 463 g/mol. The van der Waals surface area contributed by atoms with E-state index < -0.39 is 0 Å². The molecule has 2 fully saturated rings. The average molecular weight is 491 g/mol. The van der Waals surface area contributed by atoms with Gasteiger partial charge in [-0.25, -0.2) is 4.98 Å². The number of aromatic amines is 1. The normalized spacial score (nSPS) is 18.5. The van der Waals surface area contributed by atoms with Crippen molar-refractivity contribution >= 4 is 53.3 Å². The third kappa shape index (κ3) is 5.39. The van der Waals surface area contributed by atoms with Gasteiger partial charge in [0.15, 0.2) is 0 Å². The van der Waals surface area contributed by atoms with Gasteiger partial charge in [-0.3, -0.25) is 14.6 Å². The highest BCUT2D eigenvalue weighted by Gasteiger charge is 2.33. The second-order valence-electron chi connectivity index (χ2n) is 8.34. The van der Waals surface area contributed by atoms with Crippen molar-refractivity contribution in [3.05, 3.63) is 54.6 Å². The molecule has 2 saturated heterocycles. The Kier molecular flexibility index (Phi) is 8.15. The van der Waals surface area contributed by atoms with E-state index in [1.54, 1.807) is 24.8 Å². The van der Waals surface area contributed by atoms with Crippen molar-refractivity contribution in [2.45, 2.75) is 25.3 Å². The number of nitrogens with one attached hydrogen (secondary N) is 2. The molecule has 0 saturated carbocycles. The Morgan fingerprint density at radius 1 is 1.00 bits per heavy atom.